The van der Waals surface area contributed by atoms with Crippen LogP contribution in [0, 0.1) is 12.8 Å². The lowest BCUT2D eigenvalue weighted by molar-refractivity contribution is -0.136. The molecule has 11 atom stereocenters. The van der Waals surface area contributed by atoms with Crippen molar-refractivity contribution in [1.29, 1.82) is 0 Å². The van der Waals surface area contributed by atoms with Crippen molar-refractivity contribution in [3.8, 4) is 23.0 Å². The first-order valence-corrected chi connectivity index (χ1v) is 36.7. The molecule has 21 N–H and O–H groups in total. The molecule has 7 rings (SSSR count). The van der Waals surface area contributed by atoms with Crippen LogP contribution in [0.15, 0.2) is 113 Å². The Morgan fingerprint density at radius 2 is 1.27 bits per heavy atom. The second kappa shape index (κ2) is 42.3. The maximum atomic E-state index is 14.7. The summed E-state index contributed by atoms with van der Waals surface area (Å²) in [6.45, 7) is 6.52. The van der Waals surface area contributed by atoms with Crippen LogP contribution in [0.4, 0.5) is 11.5 Å². The number of thioether (sulfide) groups is 1. The molecule has 34 nitrogen and oxygen atoms in total. The van der Waals surface area contributed by atoms with E-state index in [0.717, 1.165) is 0 Å². The lowest BCUT2D eigenvalue weighted by Gasteiger charge is -2.28. The second-order valence-electron chi connectivity index (χ2n) is 26.2. The molecule has 1 saturated heterocycles. The Bertz CT molecular complexity index is 4160. The molecule has 36 heteroatoms. The number of aromatic nitrogens is 2. The van der Waals surface area contributed by atoms with Gasteiger partial charge >= 0.3 is 0 Å². The highest BCUT2D eigenvalue weighted by molar-refractivity contribution is 8.13. The standard InChI is InChI=1S/C73H97ClN18O16S/c1-38(2)31-55-69(101)83-49(19-25-75)64(96)82-52(22-28-78)68(100)91-61(40(4)93)71(103)80-29-23-53(67(99)81-50(20-26-76)66(98)87-56(70(102)86-55)33-42-11-9-8-10-12-42)84-65(97)51(21-27-77)85-72(104)62(41(5)94)90-63(95)44-15-13-43(14-16-44)37-109-73(89-60-32-39(3)108-92-60)88-48-18-17-45(34-47(48)74)107-57-24-30-79-54-36-59(106-7)58(105-6)35-46(54)57/h8-18,24,30,32,34-36,38,40-41,49-53,55-56,61-62,93-94H,19-23,25-29,31,33,37,75-78H2,1-7H3,(H,80,103)(H,81,99)(H,82,96)(H,83,101)(H,84,97)(H,85,104)(H,86,102)(H,87,98)(H,90,95)(H,91,100)(H,88,89,92)/t40-,41-,49+,50+,51+,52+,53+,55+,56-,61-,62+/m1/s1. The van der Waals surface area contributed by atoms with Crippen molar-refractivity contribution in [2.24, 2.45) is 33.8 Å². The van der Waals surface area contributed by atoms with E-state index < -0.39 is 139 Å². The molecule has 0 aliphatic carbocycles. The van der Waals surface area contributed by atoms with E-state index in [2.05, 4.69) is 73.6 Å². The number of aliphatic hydroxyl groups excluding tert-OH is 2. The molecule has 6 aromatic rings. The van der Waals surface area contributed by atoms with Gasteiger partial charge < -0.3 is 110 Å². The molecular weight excluding hydrogens is 1450 g/mol. The highest BCUT2D eigenvalue weighted by Crippen LogP contribution is 2.38. The molecule has 1 aliphatic heterocycles. The van der Waals surface area contributed by atoms with Gasteiger partial charge in [-0.1, -0.05) is 84.8 Å². The monoisotopic (exact) mass is 1550 g/mol. The number of hydrogen-bond donors (Lipinski definition) is 17. The zero-order valence-electron chi connectivity index (χ0n) is 61.5. The molecule has 2 aromatic heterocycles. The van der Waals surface area contributed by atoms with E-state index in [-0.39, 0.29) is 92.8 Å². The number of nitrogens with zero attached hydrogens (tertiary/aromatic N) is 3. The topological polar surface area (TPSA) is 527 Å². The van der Waals surface area contributed by atoms with Crippen LogP contribution in [-0.4, -0.2) is 198 Å². The number of anilines is 1. The zero-order valence-corrected chi connectivity index (χ0v) is 63.1. The van der Waals surface area contributed by atoms with Crippen molar-refractivity contribution in [2.75, 3.05) is 52.3 Å². The van der Waals surface area contributed by atoms with E-state index in [0.29, 0.717) is 61.6 Å². The van der Waals surface area contributed by atoms with E-state index >= 15 is 0 Å². The smallest absolute Gasteiger partial charge is 0.252 e. The summed E-state index contributed by atoms with van der Waals surface area (Å²) in [5.41, 5.74) is 26.2. The molecule has 3 heterocycles. The number of nitrogens with one attached hydrogen (secondary N) is 11. The normalized spacial score (nSPS) is 19.9. The highest BCUT2D eigenvalue weighted by atomic mass is 35.5. The van der Waals surface area contributed by atoms with Gasteiger partial charge in [0.1, 0.15) is 71.6 Å². The van der Waals surface area contributed by atoms with Crippen LogP contribution >= 0.6 is 23.4 Å². The van der Waals surface area contributed by atoms with Crippen molar-refractivity contribution in [3.05, 3.63) is 131 Å². The van der Waals surface area contributed by atoms with Crippen LogP contribution in [0.5, 0.6) is 23.0 Å². The molecule has 0 saturated carbocycles. The van der Waals surface area contributed by atoms with E-state index in [1.165, 1.54) is 52.0 Å². The molecule has 588 valence electrons. The van der Waals surface area contributed by atoms with Gasteiger partial charge in [-0.15, -0.1) is 0 Å². The first-order valence-electron chi connectivity index (χ1n) is 35.4. The third kappa shape index (κ3) is 25.5. The van der Waals surface area contributed by atoms with E-state index in [1.807, 2.05) is 0 Å². The summed E-state index contributed by atoms with van der Waals surface area (Å²) in [4.78, 5) is 152. The van der Waals surface area contributed by atoms with Gasteiger partial charge in [-0.2, -0.15) is 0 Å². The van der Waals surface area contributed by atoms with E-state index in [9.17, 15) is 58.2 Å². The van der Waals surface area contributed by atoms with Crippen molar-refractivity contribution in [2.45, 2.75) is 152 Å². The van der Waals surface area contributed by atoms with Gasteiger partial charge in [-0.3, -0.25) is 52.9 Å². The number of amides is 10. The fourth-order valence-corrected chi connectivity index (χ4v) is 12.4. The molecule has 0 unspecified atom stereocenters. The summed E-state index contributed by atoms with van der Waals surface area (Å²) in [5.74, 6) is -6.57. The average Bonchev–Trinajstić information content (AvgIpc) is 0.943. The quantitative estimate of drug-likeness (QED) is 0.0240. The van der Waals surface area contributed by atoms with Gasteiger partial charge in [0.2, 0.25) is 53.2 Å². The van der Waals surface area contributed by atoms with Gasteiger partial charge in [-0.05, 0) is 139 Å². The van der Waals surface area contributed by atoms with Crippen LogP contribution in [0.25, 0.3) is 10.9 Å². The fraction of sp³-hybridized carbons (Fsp3) is 0.438. The Balaban J connectivity index is 1.08. The number of nitrogens with two attached hydrogens (primary N) is 4. The molecule has 0 radical (unpaired) electrons. The number of amidine groups is 1. The Morgan fingerprint density at radius 1 is 0.670 bits per heavy atom. The molecule has 1 aliphatic rings. The summed E-state index contributed by atoms with van der Waals surface area (Å²) < 4.78 is 22.5. The van der Waals surface area contributed by atoms with Crippen LogP contribution in [0.3, 0.4) is 0 Å². The van der Waals surface area contributed by atoms with Crippen molar-refractivity contribution in [1.82, 2.24) is 63.3 Å². The largest absolute Gasteiger partial charge is 0.493 e. The van der Waals surface area contributed by atoms with Gasteiger partial charge in [0.15, 0.2) is 22.5 Å². The average molecular weight is 1550 g/mol. The minimum absolute atomic E-state index is 0.0346. The first-order chi connectivity index (χ1) is 52.1. The number of carbonyl (C=O) groups excluding carboxylic acids is 10. The first kappa shape index (κ1) is 85.7. The minimum Gasteiger partial charge on any atom is -0.493 e. The number of benzene rings is 4. The summed E-state index contributed by atoms with van der Waals surface area (Å²) in [6, 6.07) is 13.1. The van der Waals surface area contributed by atoms with E-state index in [4.69, 9.17) is 53.3 Å². The third-order valence-electron chi connectivity index (χ3n) is 17.1. The Labute approximate surface area is 638 Å². The SMILES string of the molecule is COc1cc2nccc(Oc3ccc(N/C(=N/c4cc(C)on4)SCc4ccc(C(=O)N[C@H](C(=O)N[C@@H](CCN)C(=O)N[C@H]5CCNC(=O)[C@@H]([C@@H](C)O)NC(=O)[C@H](CCN)NC(=O)[C@H](CCN)NC(=O)[C@H](CC(C)C)NC(=O)[C@@H](Cc6ccccc6)NC(=O)[C@H](CCN)NC5=O)[C@@H](C)O)cc4)c(Cl)c3)c2cc1OC. The molecule has 10 amide bonds. The maximum Gasteiger partial charge on any atom is 0.252 e. The number of aliphatic hydroxyl groups is 2. The van der Waals surface area contributed by atoms with Crippen molar-refractivity contribution in [3.63, 3.8) is 0 Å². The van der Waals surface area contributed by atoms with Gasteiger partial charge in [0.25, 0.3) is 5.91 Å². The van der Waals surface area contributed by atoms with E-state index in [1.54, 1.807) is 112 Å². The number of pyridine rings is 1. The summed E-state index contributed by atoms with van der Waals surface area (Å²) in [6.07, 6.45) is -2.98. The maximum absolute atomic E-state index is 14.7. The minimum atomic E-state index is -1.71. The number of carbonyl (C=O) groups is 10. The molecular formula is C73H97ClN18O16S. The Kier molecular flexibility index (Phi) is 33.3. The molecule has 0 spiro atoms. The highest BCUT2D eigenvalue weighted by Gasteiger charge is 2.37. The van der Waals surface area contributed by atoms with Crippen molar-refractivity contribution >= 4 is 110 Å². The summed E-state index contributed by atoms with van der Waals surface area (Å²) in [7, 11) is 3.06. The number of halogens is 1. The zero-order chi connectivity index (χ0) is 79.4. The Hall–Kier alpha value is -10.5. The van der Waals surface area contributed by atoms with Crippen LogP contribution in [0.2, 0.25) is 5.02 Å². The number of rotatable bonds is 28. The van der Waals surface area contributed by atoms with Crippen LogP contribution in [-0.2, 0) is 55.3 Å². The predicted molar refractivity (Wildman–Crippen MR) is 408 cm³/mol. The van der Waals surface area contributed by atoms with Crippen LogP contribution in [0.1, 0.15) is 93.5 Å². The number of methoxy groups -OCH3 is 2. The predicted octanol–water partition coefficient (Wildman–Crippen LogP) is 0.969. The lowest BCUT2D eigenvalue weighted by Crippen LogP contribution is -2.61. The van der Waals surface area contributed by atoms with Gasteiger partial charge in [0.05, 0.1) is 42.7 Å². The molecule has 0 bridgehead atoms. The number of hydrogen-bond acceptors (Lipinski definition) is 24. The number of aryl methyl sites for hydroxylation is 1. The third-order valence-corrected chi connectivity index (χ3v) is 18.4. The number of fused-ring (bicyclic) bond motifs is 1. The fourth-order valence-electron chi connectivity index (χ4n) is 11.4. The molecule has 109 heavy (non-hydrogen) atoms. The van der Waals surface area contributed by atoms with Gasteiger partial charge in [0, 0.05) is 54.1 Å². The Morgan fingerprint density at radius 3 is 1.84 bits per heavy atom. The lowest BCUT2D eigenvalue weighted by atomic mass is 10.00. The summed E-state index contributed by atoms with van der Waals surface area (Å²) in [5, 5.41) is 56.2. The van der Waals surface area contributed by atoms with Crippen molar-refractivity contribution < 1.29 is 76.9 Å². The molecule has 4 aromatic carbocycles. The molecule has 1 fully saturated rings. The van der Waals surface area contributed by atoms with Crippen LogP contribution < -0.4 is 95.6 Å². The second-order valence-corrected chi connectivity index (χ2v) is 27.5. The number of aliphatic imine (C=N–C) groups is 1. The van der Waals surface area contributed by atoms with Gasteiger partial charge in [-0.25, -0.2) is 4.99 Å². The number of ether oxygens (including phenoxy) is 3. The summed E-state index contributed by atoms with van der Waals surface area (Å²) >= 11 is 8.13.